The monoisotopic (exact) mass is 496 g/mol. The van der Waals surface area contributed by atoms with Gasteiger partial charge in [0.15, 0.2) is 10.9 Å². The number of hydrogen-bond acceptors (Lipinski definition) is 4. The van der Waals surface area contributed by atoms with Crippen LogP contribution < -0.4 is 15.4 Å². The SMILES string of the molecule is CC(=O)c1cccc(NC(=S)NC(=O)c2ccc(OCCc3ccccc3)c(Br)c2)c1. The van der Waals surface area contributed by atoms with Gasteiger partial charge in [0.2, 0.25) is 0 Å². The molecule has 0 aliphatic heterocycles. The van der Waals surface area contributed by atoms with Crippen LogP contribution in [0, 0.1) is 0 Å². The number of ether oxygens (including phenoxy) is 1. The molecule has 0 saturated carbocycles. The number of anilines is 1. The highest BCUT2D eigenvalue weighted by Crippen LogP contribution is 2.26. The van der Waals surface area contributed by atoms with Gasteiger partial charge in [-0.2, -0.15) is 0 Å². The number of thiocarbonyl (C=S) groups is 1. The molecule has 0 aromatic heterocycles. The van der Waals surface area contributed by atoms with E-state index in [4.69, 9.17) is 17.0 Å². The summed E-state index contributed by atoms with van der Waals surface area (Å²) < 4.78 is 6.50. The highest BCUT2D eigenvalue weighted by atomic mass is 79.9. The molecule has 0 saturated heterocycles. The van der Waals surface area contributed by atoms with E-state index in [-0.39, 0.29) is 16.8 Å². The maximum absolute atomic E-state index is 12.5. The average Bonchev–Trinajstić information content (AvgIpc) is 2.75. The number of rotatable bonds is 7. The highest BCUT2D eigenvalue weighted by Gasteiger charge is 2.11. The summed E-state index contributed by atoms with van der Waals surface area (Å²) >= 11 is 8.68. The molecule has 3 aromatic carbocycles. The van der Waals surface area contributed by atoms with Crippen molar-refractivity contribution in [3.63, 3.8) is 0 Å². The Hall–Kier alpha value is -3.03. The molecule has 158 valence electrons. The van der Waals surface area contributed by atoms with E-state index in [1.165, 1.54) is 12.5 Å². The number of hydrogen-bond donors (Lipinski definition) is 2. The van der Waals surface area contributed by atoms with Crippen molar-refractivity contribution in [3.8, 4) is 5.75 Å². The molecule has 0 radical (unpaired) electrons. The van der Waals surface area contributed by atoms with E-state index < -0.39 is 0 Å². The van der Waals surface area contributed by atoms with Crippen LogP contribution in [0.5, 0.6) is 5.75 Å². The molecule has 0 aliphatic rings. The molecular formula is C24H21BrN2O3S. The van der Waals surface area contributed by atoms with Crippen molar-refractivity contribution in [1.29, 1.82) is 0 Å². The summed E-state index contributed by atoms with van der Waals surface area (Å²) in [6, 6.07) is 22.1. The summed E-state index contributed by atoms with van der Waals surface area (Å²) in [5.74, 6) is 0.264. The van der Waals surface area contributed by atoms with Gasteiger partial charge in [0, 0.05) is 23.2 Å². The van der Waals surface area contributed by atoms with E-state index >= 15 is 0 Å². The van der Waals surface area contributed by atoms with Crippen molar-refractivity contribution in [2.24, 2.45) is 0 Å². The van der Waals surface area contributed by atoms with Crippen molar-refractivity contribution in [1.82, 2.24) is 5.32 Å². The third kappa shape index (κ3) is 6.73. The summed E-state index contributed by atoms with van der Waals surface area (Å²) in [5, 5.41) is 5.70. The van der Waals surface area contributed by atoms with Crippen LogP contribution in [0.1, 0.15) is 33.2 Å². The second kappa shape index (κ2) is 10.8. The fourth-order valence-electron chi connectivity index (χ4n) is 2.84. The topological polar surface area (TPSA) is 67.4 Å². The van der Waals surface area contributed by atoms with Crippen LogP contribution in [0.25, 0.3) is 0 Å². The van der Waals surface area contributed by atoms with Gasteiger partial charge >= 0.3 is 0 Å². The number of halogens is 1. The third-order valence-electron chi connectivity index (χ3n) is 4.44. The molecule has 0 fully saturated rings. The third-order valence-corrected chi connectivity index (χ3v) is 5.26. The first-order chi connectivity index (χ1) is 14.9. The van der Waals surface area contributed by atoms with Gasteiger partial charge < -0.3 is 10.1 Å². The van der Waals surface area contributed by atoms with Crippen LogP contribution in [-0.4, -0.2) is 23.4 Å². The first-order valence-corrected chi connectivity index (χ1v) is 10.8. The number of carbonyl (C=O) groups is 2. The predicted octanol–water partition coefficient (Wildman–Crippen LogP) is 5.40. The molecule has 3 rings (SSSR count). The van der Waals surface area contributed by atoms with Gasteiger partial charge in [-0.3, -0.25) is 14.9 Å². The Morgan fingerprint density at radius 3 is 2.45 bits per heavy atom. The van der Waals surface area contributed by atoms with Crippen molar-refractivity contribution < 1.29 is 14.3 Å². The minimum atomic E-state index is -0.350. The maximum Gasteiger partial charge on any atom is 0.257 e. The van der Waals surface area contributed by atoms with Crippen LogP contribution in [0.15, 0.2) is 77.3 Å². The van der Waals surface area contributed by atoms with E-state index in [9.17, 15) is 9.59 Å². The molecule has 31 heavy (non-hydrogen) atoms. The zero-order valence-electron chi connectivity index (χ0n) is 16.9. The Bertz CT molecular complexity index is 1100. The Morgan fingerprint density at radius 1 is 0.968 bits per heavy atom. The van der Waals surface area contributed by atoms with Gasteiger partial charge in [0.05, 0.1) is 11.1 Å². The summed E-state index contributed by atoms with van der Waals surface area (Å²) in [5.41, 5.74) is 2.82. The van der Waals surface area contributed by atoms with Gasteiger partial charge in [-0.1, -0.05) is 42.5 Å². The van der Waals surface area contributed by atoms with E-state index in [0.29, 0.717) is 33.6 Å². The summed E-state index contributed by atoms with van der Waals surface area (Å²) in [6.45, 7) is 2.02. The van der Waals surface area contributed by atoms with Crippen LogP contribution in [0.2, 0.25) is 0 Å². The standard InChI is InChI=1S/C24H21BrN2O3S/c1-16(28)18-8-5-9-20(14-18)26-24(31)27-23(29)19-10-11-22(21(25)15-19)30-13-12-17-6-3-2-4-7-17/h2-11,14-15H,12-13H2,1H3,(H2,26,27,29,31). The number of carbonyl (C=O) groups excluding carboxylic acids is 2. The van der Waals surface area contributed by atoms with Crippen molar-refractivity contribution in [2.75, 3.05) is 11.9 Å². The number of amides is 1. The van der Waals surface area contributed by atoms with Crippen LogP contribution in [0.3, 0.4) is 0 Å². The van der Waals surface area contributed by atoms with E-state index in [0.717, 1.165) is 6.42 Å². The summed E-state index contributed by atoms with van der Waals surface area (Å²) in [6.07, 6.45) is 0.792. The van der Waals surface area contributed by atoms with Gasteiger partial charge in [0.25, 0.3) is 5.91 Å². The van der Waals surface area contributed by atoms with Gasteiger partial charge in [-0.15, -0.1) is 0 Å². The largest absolute Gasteiger partial charge is 0.492 e. The molecule has 2 N–H and O–H groups in total. The quantitative estimate of drug-likeness (QED) is 0.338. The number of Topliss-reactive ketones (excluding diaryl/α,β-unsaturated/α-hetero) is 1. The lowest BCUT2D eigenvalue weighted by atomic mass is 10.1. The molecule has 5 nitrogen and oxygen atoms in total. The predicted molar refractivity (Wildman–Crippen MR) is 130 cm³/mol. The van der Waals surface area contributed by atoms with Crippen molar-refractivity contribution in [3.05, 3.63) is 94.0 Å². The minimum Gasteiger partial charge on any atom is -0.492 e. The Labute approximate surface area is 194 Å². The second-order valence-corrected chi connectivity index (χ2v) is 8.04. The zero-order valence-corrected chi connectivity index (χ0v) is 19.3. The molecule has 0 aliphatic carbocycles. The lowest BCUT2D eigenvalue weighted by Gasteiger charge is -2.12. The lowest BCUT2D eigenvalue weighted by Crippen LogP contribution is -2.34. The van der Waals surface area contributed by atoms with Gasteiger partial charge in [-0.25, -0.2) is 0 Å². The fourth-order valence-corrected chi connectivity index (χ4v) is 3.54. The molecule has 0 spiro atoms. The molecule has 0 heterocycles. The van der Waals surface area contributed by atoms with Crippen molar-refractivity contribution >= 4 is 50.6 Å². The summed E-state index contributed by atoms with van der Waals surface area (Å²) in [7, 11) is 0. The van der Waals surface area contributed by atoms with Crippen LogP contribution >= 0.6 is 28.1 Å². The van der Waals surface area contributed by atoms with Crippen LogP contribution in [-0.2, 0) is 6.42 Å². The number of ketones is 1. The van der Waals surface area contributed by atoms with E-state index in [2.05, 4.69) is 38.7 Å². The number of benzene rings is 3. The second-order valence-electron chi connectivity index (χ2n) is 6.77. The van der Waals surface area contributed by atoms with E-state index in [1.807, 2.05) is 18.2 Å². The maximum atomic E-state index is 12.5. The smallest absolute Gasteiger partial charge is 0.257 e. The first kappa shape index (κ1) is 22.7. The minimum absolute atomic E-state index is 0.0467. The fraction of sp³-hybridized carbons (Fsp3) is 0.125. The van der Waals surface area contributed by atoms with E-state index in [1.54, 1.807) is 42.5 Å². The van der Waals surface area contributed by atoms with Crippen LogP contribution in [0.4, 0.5) is 5.69 Å². The van der Waals surface area contributed by atoms with Gasteiger partial charge in [-0.05, 0) is 71.0 Å². The molecular weight excluding hydrogens is 476 g/mol. The Kier molecular flexibility index (Phi) is 7.92. The molecule has 1 amide bonds. The average molecular weight is 497 g/mol. The normalized spacial score (nSPS) is 10.3. The molecule has 3 aromatic rings. The highest BCUT2D eigenvalue weighted by molar-refractivity contribution is 9.10. The number of nitrogens with one attached hydrogen (secondary N) is 2. The zero-order chi connectivity index (χ0) is 22.2. The van der Waals surface area contributed by atoms with Crippen molar-refractivity contribution in [2.45, 2.75) is 13.3 Å². The Morgan fingerprint density at radius 2 is 1.74 bits per heavy atom. The Balaban J connectivity index is 1.55. The molecule has 0 unspecified atom stereocenters. The van der Waals surface area contributed by atoms with Gasteiger partial charge in [0.1, 0.15) is 5.75 Å². The molecule has 0 bridgehead atoms. The first-order valence-electron chi connectivity index (χ1n) is 9.62. The lowest BCUT2D eigenvalue weighted by molar-refractivity contribution is 0.0975. The molecule has 0 atom stereocenters. The molecule has 7 heteroatoms. The summed E-state index contributed by atoms with van der Waals surface area (Å²) in [4.78, 5) is 24.0.